The number of hydrogen-bond acceptors (Lipinski definition) is 4. The third kappa shape index (κ3) is 4.42. The summed E-state index contributed by atoms with van der Waals surface area (Å²) in [5.74, 6) is 1.78. The Morgan fingerprint density at radius 2 is 1.85 bits per heavy atom. The van der Waals surface area contributed by atoms with Crippen LogP contribution in [0.25, 0.3) is 16.9 Å². The van der Waals surface area contributed by atoms with Gasteiger partial charge < -0.3 is 4.74 Å². The predicted molar refractivity (Wildman–Crippen MR) is 121 cm³/mol. The first-order valence-corrected chi connectivity index (χ1v) is 10.1. The molecule has 4 nitrogen and oxygen atoms in total. The third-order valence-corrected chi connectivity index (χ3v) is 5.61. The highest BCUT2D eigenvalue weighted by atomic mass is 79.9. The Morgan fingerprint density at radius 3 is 2.48 bits per heavy atom. The van der Waals surface area contributed by atoms with E-state index in [4.69, 9.17) is 9.73 Å². The largest absolute Gasteiger partial charge is 0.497 e. The SMILES string of the molecule is Br.COc1ccc(-n2c(-c3ccc(Br)cc3)csc2=NC2=NCCC2)cc1. The van der Waals surface area contributed by atoms with E-state index in [0.29, 0.717) is 0 Å². The molecule has 0 aliphatic carbocycles. The molecule has 0 saturated heterocycles. The van der Waals surface area contributed by atoms with Gasteiger partial charge in [-0.1, -0.05) is 28.1 Å². The van der Waals surface area contributed by atoms with Crippen LogP contribution in [-0.2, 0) is 0 Å². The van der Waals surface area contributed by atoms with Gasteiger partial charge in [0, 0.05) is 28.5 Å². The lowest BCUT2D eigenvalue weighted by Gasteiger charge is -2.10. The molecule has 140 valence electrons. The second kappa shape index (κ2) is 8.99. The quantitative estimate of drug-likeness (QED) is 0.450. The van der Waals surface area contributed by atoms with Gasteiger partial charge in [0.05, 0.1) is 12.8 Å². The number of halogens is 2. The van der Waals surface area contributed by atoms with Crippen LogP contribution in [0.3, 0.4) is 0 Å². The van der Waals surface area contributed by atoms with Gasteiger partial charge in [-0.2, -0.15) is 0 Å². The molecule has 0 saturated carbocycles. The molecular formula is C20H19Br2N3OS. The van der Waals surface area contributed by atoms with E-state index in [9.17, 15) is 0 Å². The number of thiazole rings is 1. The minimum Gasteiger partial charge on any atom is -0.497 e. The maximum atomic E-state index is 5.30. The van der Waals surface area contributed by atoms with Gasteiger partial charge >= 0.3 is 0 Å². The number of aliphatic imine (C=N–C) groups is 1. The molecule has 2 heterocycles. The number of amidine groups is 1. The zero-order valence-corrected chi connectivity index (χ0v) is 18.9. The van der Waals surface area contributed by atoms with E-state index in [1.807, 2.05) is 12.1 Å². The van der Waals surface area contributed by atoms with Crippen molar-refractivity contribution in [3.63, 3.8) is 0 Å². The fourth-order valence-corrected chi connectivity index (χ4v) is 4.11. The van der Waals surface area contributed by atoms with Gasteiger partial charge in [-0.05, 0) is 48.4 Å². The maximum Gasteiger partial charge on any atom is 0.196 e. The van der Waals surface area contributed by atoms with Crippen LogP contribution >= 0.6 is 44.2 Å². The minimum absolute atomic E-state index is 0. The van der Waals surface area contributed by atoms with Gasteiger partial charge in [0.15, 0.2) is 4.80 Å². The molecule has 0 N–H and O–H groups in total. The van der Waals surface area contributed by atoms with Crippen molar-refractivity contribution in [1.29, 1.82) is 0 Å². The first-order chi connectivity index (χ1) is 12.7. The van der Waals surface area contributed by atoms with Crippen LogP contribution in [0.4, 0.5) is 0 Å². The van der Waals surface area contributed by atoms with Crippen LogP contribution in [0.5, 0.6) is 5.75 Å². The Morgan fingerprint density at radius 1 is 1.11 bits per heavy atom. The van der Waals surface area contributed by atoms with E-state index in [-0.39, 0.29) is 17.0 Å². The second-order valence-corrected chi connectivity index (χ2v) is 7.71. The highest BCUT2D eigenvalue weighted by molar-refractivity contribution is 9.10. The van der Waals surface area contributed by atoms with Crippen LogP contribution in [0.1, 0.15) is 12.8 Å². The van der Waals surface area contributed by atoms with Gasteiger partial charge in [0.25, 0.3) is 0 Å². The Balaban J connectivity index is 0.00000210. The van der Waals surface area contributed by atoms with Gasteiger partial charge in [-0.3, -0.25) is 9.56 Å². The molecule has 4 rings (SSSR count). The molecule has 0 spiro atoms. The molecular weight excluding hydrogens is 490 g/mol. The van der Waals surface area contributed by atoms with Gasteiger partial charge in [-0.15, -0.1) is 28.3 Å². The summed E-state index contributed by atoms with van der Waals surface area (Å²) in [6, 6.07) is 16.4. The number of rotatable bonds is 3. The summed E-state index contributed by atoms with van der Waals surface area (Å²) in [4.78, 5) is 10.3. The zero-order chi connectivity index (χ0) is 17.9. The minimum atomic E-state index is 0. The standard InChI is InChI=1S/C20H18BrN3OS.BrH/c1-25-17-10-8-16(9-11-17)24-18(14-4-6-15(21)7-5-14)13-26-20(24)23-19-3-2-12-22-19;/h4-11,13H,2-3,12H2,1H3;1H. The normalized spacial score (nSPS) is 14.0. The summed E-state index contributed by atoms with van der Waals surface area (Å²) in [5, 5.41) is 2.15. The van der Waals surface area contributed by atoms with Crippen LogP contribution in [0, 0.1) is 0 Å². The lowest BCUT2D eigenvalue weighted by atomic mass is 10.1. The van der Waals surface area contributed by atoms with Crippen LogP contribution in [0.15, 0.2) is 68.4 Å². The number of methoxy groups -OCH3 is 1. The fraction of sp³-hybridized carbons (Fsp3) is 0.200. The molecule has 0 unspecified atom stereocenters. The molecule has 3 aromatic rings. The smallest absolute Gasteiger partial charge is 0.196 e. The van der Waals surface area contributed by atoms with E-state index in [2.05, 4.69) is 67.3 Å². The average Bonchev–Trinajstić information content (AvgIpc) is 3.33. The number of aromatic nitrogens is 1. The molecule has 1 aromatic heterocycles. The van der Waals surface area contributed by atoms with Gasteiger partial charge in [0.2, 0.25) is 0 Å². The Hall–Kier alpha value is -1.70. The first kappa shape index (κ1) is 20.0. The van der Waals surface area contributed by atoms with Crippen molar-refractivity contribution in [2.24, 2.45) is 9.98 Å². The van der Waals surface area contributed by atoms with Crippen molar-refractivity contribution in [1.82, 2.24) is 4.57 Å². The topological polar surface area (TPSA) is 38.9 Å². The van der Waals surface area contributed by atoms with E-state index in [0.717, 1.165) is 57.2 Å². The molecule has 0 amide bonds. The maximum absolute atomic E-state index is 5.30. The highest BCUT2D eigenvalue weighted by Crippen LogP contribution is 2.26. The Labute approximate surface area is 181 Å². The molecule has 0 atom stereocenters. The van der Waals surface area contributed by atoms with Crippen molar-refractivity contribution in [3.8, 4) is 22.7 Å². The molecule has 7 heteroatoms. The van der Waals surface area contributed by atoms with E-state index in [1.54, 1.807) is 18.4 Å². The van der Waals surface area contributed by atoms with Gasteiger partial charge in [-0.25, -0.2) is 4.99 Å². The molecule has 2 aromatic carbocycles. The van der Waals surface area contributed by atoms with E-state index < -0.39 is 0 Å². The molecule has 27 heavy (non-hydrogen) atoms. The summed E-state index contributed by atoms with van der Waals surface area (Å²) in [7, 11) is 1.68. The molecule has 0 radical (unpaired) electrons. The van der Waals surface area contributed by atoms with Crippen LogP contribution in [-0.4, -0.2) is 24.1 Å². The summed E-state index contributed by atoms with van der Waals surface area (Å²) < 4.78 is 8.55. The number of ether oxygens (including phenoxy) is 1. The fourth-order valence-electron chi connectivity index (χ4n) is 2.92. The lowest BCUT2D eigenvalue weighted by Crippen LogP contribution is -2.15. The van der Waals surface area contributed by atoms with Crippen LogP contribution < -0.4 is 9.54 Å². The summed E-state index contributed by atoms with van der Waals surface area (Å²) in [6.07, 6.45) is 2.04. The lowest BCUT2D eigenvalue weighted by molar-refractivity contribution is 0.414. The number of hydrogen-bond donors (Lipinski definition) is 0. The van der Waals surface area contributed by atoms with Crippen molar-refractivity contribution in [2.45, 2.75) is 12.8 Å². The predicted octanol–water partition coefficient (Wildman–Crippen LogP) is 5.65. The van der Waals surface area contributed by atoms with Crippen molar-refractivity contribution >= 4 is 50.1 Å². The van der Waals surface area contributed by atoms with E-state index >= 15 is 0 Å². The van der Waals surface area contributed by atoms with Crippen LogP contribution in [0.2, 0.25) is 0 Å². The van der Waals surface area contributed by atoms with E-state index in [1.165, 1.54) is 0 Å². The summed E-state index contributed by atoms with van der Waals surface area (Å²) in [6.45, 7) is 0.881. The summed E-state index contributed by atoms with van der Waals surface area (Å²) in [5.41, 5.74) is 3.32. The average molecular weight is 509 g/mol. The van der Waals surface area contributed by atoms with Gasteiger partial charge in [0.1, 0.15) is 11.6 Å². The molecule has 1 aliphatic heterocycles. The molecule has 1 aliphatic rings. The number of benzene rings is 2. The molecule has 0 fully saturated rings. The monoisotopic (exact) mass is 507 g/mol. The third-order valence-electron chi connectivity index (χ3n) is 4.26. The van der Waals surface area contributed by atoms with Crippen molar-refractivity contribution in [2.75, 3.05) is 13.7 Å². The Kier molecular flexibility index (Phi) is 6.68. The Bertz CT molecular complexity index is 1000. The number of nitrogens with zero attached hydrogens (tertiary/aromatic N) is 3. The second-order valence-electron chi connectivity index (χ2n) is 5.96. The zero-order valence-electron chi connectivity index (χ0n) is 14.8. The van der Waals surface area contributed by atoms with Crippen molar-refractivity contribution in [3.05, 3.63) is 63.2 Å². The summed E-state index contributed by atoms with van der Waals surface area (Å²) >= 11 is 5.15. The first-order valence-electron chi connectivity index (χ1n) is 8.43. The van der Waals surface area contributed by atoms with Crippen molar-refractivity contribution < 1.29 is 4.74 Å². The highest BCUT2D eigenvalue weighted by Gasteiger charge is 2.12. The molecule has 0 bridgehead atoms.